The van der Waals surface area contributed by atoms with Crippen LogP contribution in [0.2, 0.25) is 0 Å². The predicted molar refractivity (Wildman–Crippen MR) is 70.1 cm³/mol. The Morgan fingerprint density at radius 2 is 2.22 bits per heavy atom. The van der Waals surface area contributed by atoms with E-state index in [-0.39, 0.29) is 23.2 Å². The molecule has 0 spiro atoms. The second kappa shape index (κ2) is 6.14. The number of carbonyl (C=O) groups is 1. The van der Waals surface area contributed by atoms with Gasteiger partial charge in [-0.25, -0.2) is 13.4 Å². The minimum atomic E-state index is -3.37. The van der Waals surface area contributed by atoms with Gasteiger partial charge in [-0.1, -0.05) is 13.8 Å². The SMILES string of the molecule is COC(=O)Cc1csc(NS(=O)(=O)CC(C)C)n1. The van der Waals surface area contributed by atoms with Gasteiger partial charge in [0, 0.05) is 5.38 Å². The summed E-state index contributed by atoms with van der Waals surface area (Å²) < 4.78 is 30.2. The molecule has 0 radical (unpaired) electrons. The summed E-state index contributed by atoms with van der Waals surface area (Å²) in [5.41, 5.74) is 0.495. The molecular weight excluding hydrogens is 276 g/mol. The molecular formula is C10H16N2O4S2. The van der Waals surface area contributed by atoms with E-state index in [0.717, 1.165) is 11.3 Å². The minimum Gasteiger partial charge on any atom is -0.469 e. The molecule has 6 nitrogen and oxygen atoms in total. The highest BCUT2D eigenvalue weighted by atomic mass is 32.2. The van der Waals surface area contributed by atoms with Gasteiger partial charge in [-0.3, -0.25) is 9.52 Å². The zero-order chi connectivity index (χ0) is 13.8. The van der Waals surface area contributed by atoms with E-state index in [4.69, 9.17) is 0 Å². The minimum absolute atomic E-state index is 0.0389. The molecule has 0 aliphatic carbocycles. The lowest BCUT2D eigenvalue weighted by atomic mass is 10.3. The number of rotatable bonds is 6. The van der Waals surface area contributed by atoms with Gasteiger partial charge in [0.1, 0.15) is 0 Å². The van der Waals surface area contributed by atoms with Crippen LogP contribution < -0.4 is 4.72 Å². The number of aromatic nitrogens is 1. The lowest BCUT2D eigenvalue weighted by Gasteiger charge is -2.06. The third kappa shape index (κ3) is 5.01. The average Bonchev–Trinajstić information content (AvgIpc) is 2.62. The van der Waals surface area contributed by atoms with Gasteiger partial charge in [0.25, 0.3) is 0 Å². The Morgan fingerprint density at radius 3 is 2.78 bits per heavy atom. The molecule has 8 heteroatoms. The van der Waals surface area contributed by atoms with Gasteiger partial charge < -0.3 is 4.74 Å². The Balaban J connectivity index is 2.67. The van der Waals surface area contributed by atoms with E-state index in [0.29, 0.717) is 5.69 Å². The Labute approximate surface area is 110 Å². The zero-order valence-electron chi connectivity index (χ0n) is 10.5. The van der Waals surface area contributed by atoms with E-state index in [1.54, 1.807) is 5.38 Å². The molecule has 0 aliphatic heterocycles. The zero-order valence-corrected chi connectivity index (χ0v) is 12.1. The summed E-state index contributed by atoms with van der Waals surface area (Å²) in [6, 6.07) is 0. The second-order valence-corrected chi connectivity index (χ2v) is 6.80. The van der Waals surface area contributed by atoms with Gasteiger partial charge in [0.05, 0.1) is 25.0 Å². The van der Waals surface area contributed by atoms with Crippen molar-refractivity contribution in [1.29, 1.82) is 0 Å². The predicted octanol–water partition coefficient (Wildman–Crippen LogP) is 1.26. The van der Waals surface area contributed by atoms with Crippen molar-refractivity contribution in [2.75, 3.05) is 17.6 Å². The first-order valence-electron chi connectivity index (χ1n) is 5.34. The summed E-state index contributed by atoms with van der Waals surface area (Å²) in [7, 11) is -2.08. The first-order valence-corrected chi connectivity index (χ1v) is 7.87. The van der Waals surface area contributed by atoms with Crippen LogP contribution in [-0.2, 0) is 26.0 Å². The number of anilines is 1. The van der Waals surface area contributed by atoms with E-state index in [1.165, 1.54) is 7.11 Å². The molecule has 0 bridgehead atoms. The maximum absolute atomic E-state index is 11.7. The quantitative estimate of drug-likeness (QED) is 0.798. The van der Waals surface area contributed by atoms with Crippen molar-refractivity contribution in [1.82, 2.24) is 4.98 Å². The van der Waals surface area contributed by atoms with Crippen LogP contribution in [0.3, 0.4) is 0 Å². The number of carbonyl (C=O) groups excluding carboxylic acids is 1. The first kappa shape index (κ1) is 14.9. The van der Waals surface area contributed by atoms with Gasteiger partial charge >= 0.3 is 5.97 Å². The van der Waals surface area contributed by atoms with Gasteiger partial charge in [0.2, 0.25) is 10.0 Å². The fourth-order valence-electron chi connectivity index (χ4n) is 1.27. The number of nitrogens with zero attached hydrogens (tertiary/aromatic N) is 1. The Bertz CT molecular complexity index is 508. The molecule has 0 aliphatic rings. The van der Waals surface area contributed by atoms with Crippen LogP contribution in [0, 0.1) is 5.92 Å². The number of sulfonamides is 1. The van der Waals surface area contributed by atoms with E-state index in [2.05, 4.69) is 14.4 Å². The molecule has 0 aromatic carbocycles. The highest BCUT2D eigenvalue weighted by molar-refractivity contribution is 7.92. The van der Waals surface area contributed by atoms with Crippen LogP contribution in [0.4, 0.5) is 5.13 Å². The van der Waals surface area contributed by atoms with E-state index in [9.17, 15) is 13.2 Å². The summed E-state index contributed by atoms with van der Waals surface area (Å²) >= 11 is 1.15. The number of ether oxygens (including phenoxy) is 1. The average molecular weight is 292 g/mol. The van der Waals surface area contributed by atoms with Crippen molar-refractivity contribution in [3.63, 3.8) is 0 Å². The molecule has 0 unspecified atom stereocenters. The number of thiazole rings is 1. The summed E-state index contributed by atoms with van der Waals surface area (Å²) in [6.45, 7) is 3.65. The van der Waals surface area contributed by atoms with Crippen LogP contribution in [-0.4, -0.2) is 32.2 Å². The molecule has 0 saturated carbocycles. The molecule has 1 aromatic heterocycles. The third-order valence-corrected chi connectivity index (χ3v) is 4.45. The lowest BCUT2D eigenvalue weighted by molar-refractivity contribution is -0.139. The van der Waals surface area contributed by atoms with Crippen molar-refractivity contribution in [3.8, 4) is 0 Å². The number of nitrogens with one attached hydrogen (secondary N) is 1. The van der Waals surface area contributed by atoms with Crippen LogP contribution in [0.1, 0.15) is 19.5 Å². The molecule has 0 saturated heterocycles. The second-order valence-electron chi connectivity index (χ2n) is 4.17. The topological polar surface area (TPSA) is 85.4 Å². The summed E-state index contributed by atoms with van der Waals surface area (Å²) in [5, 5.41) is 1.90. The van der Waals surface area contributed by atoms with E-state index in [1.807, 2.05) is 13.8 Å². The fourth-order valence-corrected chi connectivity index (χ4v) is 3.67. The number of hydrogen-bond acceptors (Lipinski definition) is 6. The van der Waals surface area contributed by atoms with Crippen molar-refractivity contribution < 1.29 is 17.9 Å². The van der Waals surface area contributed by atoms with Gasteiger partial charge in [-0.2, -0.15) is 0 Å². The summed E-state index contributed by atoms with van der Waals surface area (Å²) in [6.07, 6.45) is 0.0406. The molecule has 1 N–H and O–H groups in total. The Morgan fingerprint density at radius 1 is 1.56 bits per heavy atom. The lowest BCUT2D eigenvalue weighted by Crippen LogP contribution is -2.20. The van der Waals surface area contributed by atoms with Crippen molar-refractivity contribution >= 4 is 32.5 Å². The van der Waals surface area contributed by atoms with Gasteiger partial charge in [-0.05, 0) is 5.92 Å². The van der Waals surface area contributed by atoms with Crippen molar-refractivity contribution in [2.45, 2.75) is 20.3 Å². The molecule has 1 heterocycles. The van der Waals surface area contributed by atoms with Crippen molar-refractivity contribution in [3.05, 3.63) is 11.1 Å². The molecule has 0 fully saturated rings. The van der Waals surface area contributed by atoms with Crippen LogP contribution in [0.25, 0.3) is 0 Å². The molecule has 0 atom stereocenters. The molecule has 18 heavy (non-hydrogen) atoms. The number of hydrogen-bond donors (Lipinski definition) is 1. The Kier molecular flexibility index (Phi) is 5.09. The number of esters is 1. The monoisotopic (exact) mass is 292 g/mol. The van der Waals surface area contributed by atoms with Gasteiger partial charge in [0.15, 0.2) is 5.13 Å². The standard InChI is InChI=1S/C10H16N2O4S2/c1-7(2)6-18(14,15)12-10-11-8(5-17-10)4-9(13)16-3/h5,7H,4,6H2,1-3H3,(H,11,12). The summed E-state index contributed by atoms with van der Waals surface area (Å²) in [5.74, 6) is -0.326. The highest BCUT2D eigenvalue weighted by Gasteiger charge is 2.15. The molecule has 1 aromatic rings. The van der Waals surface area contributed by atoms with Crippen LogP contribution in [0.15, 0.2) is 5.38 Å². The molecule has 102 valence electrons. The fraction of sp³-hybridized carbons (Fsp3) is 0.600. The van der Waals surface area contributed by atoms with Crippen molar-refractivity contribution in [2.24, 2.45) is 5.92 Å². The van der Waals surface area contributed by atoms with E-state index >= 15 is 0 Å². The van der Waals surface area contributed by atoms with E-state index < -0.39 is 16.0 Å². The van der Waals surface area contributed by atoms with Gasteiger partial charge in [-0.15, -0.1) is 11.3 Å². The van der Waals surface area contributed by atoms with Crippen LogP contribution in [0.5, 0.6) is 0 Å². The number of methoxy groups -OCH3 is 1. The largest absolute Gasteiger partial charge is 0.469 e. The normalized spacial score (nSPS) is 11.6. The highest BCUT2D eigenvalue weighted by Crippen LogP contribution is 2.18. The maximum atomic E-state index is 11.7. The molecule has 0 amide bonds. The summed E-state index contributed by atoms with van der Waals surface area (Å²) in [4.78, 5) is 15.0. The van der Waals surface area contributed by atoms with Crippen LogP contribution >= 0.6 is 11.3 Å². The molecule has 1 rings (SSSR count). The maximum Gasteiger partial charge on any atom is 0.311 e. The third-order valence-electron chi connectivity index (χ3n) is 1.90. The Hall–Kier alpha value is -1.15. The smallest absolute Gasteiger partial charge is 0.311 e. The first-order chi connectivity index (χ1) is 8.32.